The van der Waals surface area contributed by atoms with Gasteiger partial charge < -0.3 is 14.8 Å². The van der Waals surface area contributed by atoms with Crippen LogP contribution in [0.15, 0.2) is 12.4 Å². The Morgan fingerprint density at radius 1 is 1.31 bits per heavy atom. The summed E-state index contributed by atoms with van der Waals surface area (Å²) in [6.45, 7) is 0. The summed E-state index contributed by atoms with van der Waals surface area (Å²) in [5, 5.41) is 3.36. The van der Waals surface area contributed by atoms with Crippen LogP contribution in [0.5, 0.6) is 5.88 Å². The summed E-state index contributed by atoms with van der Waals surface area (Å²) >= 11 is 0. The minimum absolute atomic E-state index is 0.279. The molecule has 5 nitrogen and oxygen atoms in total. The Labute approximate surface area is 95.2 Å². The van der Waals surface area contributed by atoms with Crippen LogP contribution in [-0.4, -0.2) is 36.3 Å². The highest BCUT2D eigenvalue weighted by Crippen LogP contribution is 2.24. The lowest BCUT2D eigenvalue weighted by Crippen LogP contribution is -2.30. The first kappa shape index (κ1) is 11.1. The smallest absolute Gasteiger partial charge is 0.218 e. The van der Waals surface area contributed by atoms with E-state index in [1.165, 1.54) is 12.7 Å². The van der Waals surface area contributed by atoms with Gasteiger partial charge in [-0.2, -0.15) is 0 Å². The fourth-order valence-corrected chi connectivity index (χ4v) is 2.09. The van der Waals surface area contributed by atoms with Gasteiger partial charge in [0.05, 0.1) is 19.3 Å². The molecule has 1 aromatic heterocycles. The Morgan fingerprint density at radius 2 is 2.19 bits per heavy atom. The average molecular weight is 223 g/mol. The molecular formula is C11H17N3O2. The lowest BCUT2D eigenvalue weighted by molar-refractivity contribution is 0.101. The summed E-state index contributed by atoms with van der Waals surface area (Å²) in [5.74, 6) is 1.37. The number of anilines is 1. The Balaban J connectivity index is 2.02. The van der Waals surface area contributed by atoms with Crippen molar-refractivity contribution in [3.05, 3.63) is 12.4 Å². The SMILES string of the molecule is COc1cc(NC2CCCC2OC)ncn1. The van der Waals surface area contributed by atoms with Gasteiger partial charge in [-0.25, -0.2) is 9.97 Å². The molecule has 88 valence electrons. The molecule has 1 aromatic rings. The zero-order valence-corrected chi connectivity index (χ0v) is 9.64. The van der Waals surface area contributed by atoms with Crippen LogP contribution in [-0.2, 0) is 4.74 Å². The van der Waals surface area contributed by atoms with Crippen LogP contribution in [0.1, 0.15) is 19.3 Å². The van der Waals surface area contributed by atoms with E-state index in [4.69, 9.17) is 9.47 Å². The van der Waals surface area contributed by atoms with Crippen LogP contribution in [0, 0.1) is 0 Å². The van der Waals surface area contributed by atoms with E-state index >= 15 is 0 Å². The maximum atomic E-state index is 5.42. The van der Waals surface area contributed by atoms with E-state index < -0.39 is 0 Å². The highest BCUT2D eigenvalue weighted by molar-refractivity contribution is 5.38. The molecule has 5 heteroatoms. The average Bonchev–Trinajstić information content (AvgIpc) is 2.76. The van der Waals surface area contributed by atoms with Crippen molar-refractivity contribution in [1.82, 2.24) is 9.97 Å². The normalized spacial score (nSPS) is 24.4. The molecular weight excluding hydrogens is 206 g/mol. The first-order chi connectivity index (χ1) is 7.83. The fraction of sp³-hybridized carbons (Fsp3) is 0.636. The number of methoxy groups -OCH3 is 2. The van der Waals surface area contributed by atoms with E-state index in [9.17, 15) is 0 Å². The zero-order valence-electron chi connectivity index (χ0n) is 9.64. The second-order valence-corrected chi connectivity index (χ2v) is 3.90. The molecule has 0 amide bonds. The second-order valence-electron chi connectivity index (χ2n) is 3.90. The van der Waals surface area contributed by atoms with Gasteiger partial charge in [0.2, 0.25) is 5.88 Å². The van der Waals surface area contributed by atoms with Gasteiger partial charge in [-0.05, 0) is 19.3 Å². The van der Waals surface area contributed by atoms with Gasteiger partial charge >= 0.3 is 0 Å². The minimum atomic E-state index is 0.279. The van der Waals surface area contributed by atoms with Gasteiger partial charge in [0.1, 0.15) is 12.1 Å². The van der Waals surface area contributed by atoms with Crippen LogP contribution in [0.2, 0.25) is 0 Å². The molecule has 1 aliphatic carbocycles. The van der Waals surface area contributed by atoms with Crippen LogP contribution in [0.3, 0.4) is 0 Å². The fourth-order valence-electron chi connectivity index (χ4n) is 2.09. The molecule has 0 radical (unpaired) electrons. The van der Waals surface area contributed by atoms with Crippen LogP contribution >= 0.6 is 0 Å². The standard InChI is InChI=1S/C11H17N3O2/c1-15-9-5-3-4-8(9)14-10-6-11(16-2)13-7-12-10/h6-9H,3-5H2,1-2H3,(H,12,13,14). The largest absolute Gasteiger partial charge is 0.481 e. The van der Waals surface area contributed by atoms with Gasteiger partial charge in [-0.1, -0.05) is 0 Å². The molecule has 2 unspecified atom stereocenters. The second kappa shape index (κ2) is 5.12. The summed E-state index contributed by atoms with van der Waals surface area (Å²) in [4.78, 5) is 8.13. The molecule has 1 N–H and O–H groups in total. The number of nitrogens with zero attached hydrogens (tertiary/aromatic N) is 2. The monoisotopic (exact) mass is 223 g/mol. The summed E-state index contributed by atoms with van der Waals surface area (Å²) in [7, 11) is 3.35. The molecule has 16 heavy (non-hydrogen) atoms. The highest BCUT2D eigenvalue weighted by atomic mass is 16.5. The highest BCUT2D eigenvalue weighted by Gasteiger charge is 2.27. The first-order valence-corrected chi connectivity index (χ1v) is 5.49. The van der Waals surface area contributed by atoms with E-state index in [-0.39, 0.29) is 6.10 Å². The summed E-state index contributed by atoms with van der Waals surface area (Å²) in [6, 6.07) is 2.13. The Kier molecular flexibility index (Phi) is 3.56. The van der Waals surface area contributed by atoms with E-state index in [1.54, 1.807) is 20.3 Å². The van der Waals surface area contributed by atoms with Crippen LogP contribution in [0.4, 0.5) is 5.82 Å². The van der Waals surface area contributed by atoms with Crippen LogP contribution < -0.4 is 10.1 Å². The third-order valence-corrected chi connectivity index (χ3v) is 2.94. The van der Waals surface area contributed by atoms with Crippen molar-refractivity contribution < 1.29 is 9.47 Å². The molecule has 0 saturated heterocycles. The van der Waals surface area contributed by atoms with Crippen molar-refractivity contribution in [2.45, 2.75) is 31.4 Å². The van der Waals surface area contributed by atoms with Crippen molar-refractivity contribution in [1.29, 1.82) is 0 Å². The Morgan fingerprint density at radius 3 is 2.94 bits per heavy atom. The number of hydrogen-bond acceptors (Lipinski definition) is 5. The lowest BCUT2D eigenvalue weighted by Gasteiger charge is -2.20. The molecule has 0 aliphatic heterocycles. The molecule has 0 aromatic carbocycles. The molecule has 1 heterocycles. The van der Waals surface area contributed by atoms with Crippen molar-refractivity contribution in [3.8, 4) is 5.88 Å². The number of aromatic nitrogens is 2. The quantitative estimate of drug-likeness (QED) is 0.837. The molecule has 1 fully saturated rings. The molecule has 2 rings (SSSR count). The summed E-state index contributed by atoms with van der Waals surface area (Å²) < 4.78 is 10.5. The molecule has 1 aliphatic rings. The maximum absolute atomic E-state index is 5.42. The van der Waals surface area contributed by atoms with Crippen molar-refractivity contribution in [2.75, 3.05) is 19.5 Å². The van der Waals surface area contributed by atoms with Crippen molar-refractivity contribution in [2.24, 2.45) is 0 Å². The Bertz CT molecular complexity index is 346. The first-order valence-electron chi connectivity index (χ1n) is 5.49. The topological polar surface area (TPSA) is 56.3 Å². The number of ether oxygens (including phenoxy) is 2. The van der Waals surface area contributed by atoms with E-state index in [0.29, 0.717) is 11.9 Å². The summed E-state index contributed by atoms with van der Waals surface area (Å²) in [6.07, 6.45) is 5.19. The van der Waals surface area contributed by atoms with Crippen molar-refractivity contribution >= 4 is 5.82 Å². The Hall–Kier alpha value is -1.36. The predicted octanol–water partition coefficient (Wildman–Crippen LogP) is 1.46. The molecule has 2 atom stereocenters. The van der Waals surface area contributed by atoms with Gasteiger partial charge in [-0.3, -0.25) is 0 Å². The van der Waals surface area contributed by atoms with Gasteiger partial charge in [0.15, 0.2) is 0 Å². The third-order valence-electron chi connectivity index (χ3n) is 2.94. The zero-order chi connectivity index (χ0) is 11.4. The van der Waals surface area contributed by atoms with Gasteiger partial charge in [0, 0.05) is 13.2 Å². The molecule has 0 spiro atoms. The minimum Gasteiger partial charge on any atom is -0.481 e. The van der Waals surface area contributed by atoms with Crippen molar-refractivity contribution in [3.63, 3.8) is 0 Å². The molecule has 1 saturated carbocycles. The predicted molar refractivity (Wildman–Crippen MR) is 60.6 cm³/mol. The number of nitrogens with one attached hydrogen (secondary N) is 1. The molecule has 0 bridgehead atoms. The van der Waals surface area contributed by atoms with E-state index in [1.807, 2.05) is 0 Å². The maximum Gasteiger partial charge on any atom is 0.218 e. The summed E-state index contributed by atoms with van der Waals surface area (Å²) in [5.41, 5.74) is 0. The number of hydrogen-bond donors (Lipinski definition) is 1. The van der Waals surface area contributed by atoms with Gasteiger partial charge in [0.25, 0.3) is 0 Å². The van der Waals surface area contributed by atoms with Gasteiger partial charge in [-0.15, -0.1) is 0 Å². The van der Waals surface area contributed by atoms with Crippen LogP contribution in [0.25, 0.3) is 0 Å². The number of rotatable bonds is 4. The van der Waals surface area contributed by atoms with E-state index in [0.717, 1.165) is 18.7 Å². The van der Waals surface area contributed by atoms with E-state index in [2.05, 4.69) is 15.3 Å². The lowest BCUT2D eigenvalue weighted by atomic mass is 10.2. The third kappa shape index (κ3) is 2.41.